The summed E-state index contributed by atoms with van der Waals surface area (Å²) in [4.78, 5) is 12.1. The first-order chi connectivity index (χ1) is 12.9. The Kier molecular flexibility index (Phi) is 5.71. The number of rotatable bonds is 6. The van der Waals surface area contributed by atoms with Crippen LogP contribution in [0.3, 0.4) is 0 Å². The number of benzene rings is 2. The van der Waals surface area contributed by atoms with Gasteiger partial charge in [0.05, 0.1) is 11.4 Å². The zero-order valence-corrected chi connectivity index (χ0v) is 15.2. The Bertz CT molecular complexity index is 927. The molecule has 6 nitrogen and oxygen atoms in total. The Labute approximate surface area is 156 Å². The van der Waals surface area contributed by atoms with Gasteiger partial charge in [0.2, 0.25) is 15.9 Å². The van der Waals surface area contributed by atoms with Crippen LogP contribution in [0.25, 0.3) is 0 Å². The van der Waals surface area contributed by atoms with E-state index in [1.165, 1.54) is 22.5 Å². The first-order valence-corrected chi connectivity index (χ1v) is 9.89. The molecule has 0 saturated carbocycles. The lowest BCUT2D eigenvalue weighted by atomic mass is 10.3. The molecule has 0 unspecified atom stereocenters. The second kappa shape index (κ2) is 8.01. The van der Waals surface area contributed by atoms with Gasteiger partial charge in [-0.15, -0.1) is 0 Å². The molecule has 2 aromatic carbocycles. The number of sulfonamides is 1. The molecular weight excluding hydrogens is 376 g/mol. The maximum absolute atomic E-state index is 13.1. The summed E-state index contributed by atoms with van der Waals surface area (Å²) in [5.41, 5.74) is 0.712. The van der Waals surface area contributed by atoms with Crippen molar-refractivity contribution >= 4 is 27.3 Å². The van der Waals surface area contributed by atoms with E-state index in [4.69, 9.17) is 0 Å². The van der Waals surface area contributed by atoms with Crippen molar-refractivity contribution < 1.29 is 22.0 Å². The molecule has 0 bridgehead atoms. The number of anilines is 2. The van der Waals surface area contributed by atoms with Crippen molar-refractivity contribution in [1.29, 1.82) is 0 Å². The molecule has 0 spiro atoms. The second-order valence-corrected chi connectivity index (χ2v) is 8.10. The zero-order valence-electron chi connectivity index (χ0n) is 14.4. The van der Waals surface area contributed by atoms with Gasteiger partial charge in [-0.05, 0) is 49.2 Å². The first-order valence-electron chi connectivity index (χ1n) is 8.45. The molecule has 1 aliphatic rings. The fourth-order valence-electron chi connectivity index (χ4n) is 2.78. The maximum Gasteiger partial charge on any atom is 0.243 e. The van der Waals surface area contributed by atoms with E-state index in [-0.39, 0.29) is 17.1 Å². The first kappa shape index (κ1) is 19.2. The number of nitrogens with one attached hydrogen (secondary N) is 2. The van der Waals surface area contributed by atoms with Crippen LogP contribution >= 0.6 is 0 Å². The average molecular weight is 395 g/mol. The SMILES string of the molecule is O=C(CNc1ccc(S(=O)(=O)N2CCCC2)cc1)Nc1ccc(F)c(F)c1. The summed E-state index contributed by atoms with van der Waals surface area (Å²) in [6.45, 7) is 0.955. The summed E-state index contributed by atoms with van der Waals surface area (Å²) < 4.78 is 52.4. The van der Waals surface area contributed by atoms with Gasteiger partial charge in [-0.1, -0.05) is 0 Å². The van der Waals surface area contributed by atoms with Gasteiger partial charge in [0.25, 0.3) is 0 Å². The quantitative estimate of drug-likeness (QED) is 0.788. The molecule has 2 N–H and O–H groups in total. The van der Waals surface area contributed by atoms with Crippen molar-refractivity contribution in [3.8, 4) is 0 Å². The maximum atomic E-state index is 13.1. The third-order valence-corrected chi connectivity index (χ3v) is 6.13. The summed E-state index contributed by atoms with van der Waals surface area (Å²) in [5.74, 6) is -2.49. The van der Waals surface area contributed by atoms with E-state index < -0.39 is 27.6 Å². The summed E-state index contributed by atoms with van der Waals surface area (Å²) in [7, 11) is -3.47. The van der Waals surface area contributed by atoms with E-state index in [0.29, 0.717) is 18.8 Å². The van der Waals surface area contributed by atoms with Crippen molar-refractivity contribution in [3.05, 3.63) is 54.1 Å². The minimum absolute atomic E-state index is 0.114. The number of carbonyl (C=O) groups is 1. The van der Waals surface area contributed by atoms with Crippen LogP contribution in [0.4, 0.5) is 20.2 Å². The molecule has 0 aliphatic carbocycles. The van der Waals surface area contributed by atoms with Crippen LogP contribution in [0, 0.1) is 11.6 Å². The minimum Gasteiger partial charge on any atom is -0.376 e. The molecule has 9 heteroatoms. The topological polar surface area (TPSA) is 78.5 Å². The lowest BCUT2D eigenvalue weighted by Gasteiger charge is -2.15. The smallest absolute Gasteiger partial charge is 0.243 e. The molecule has 0 atom stereocenters. The van der Waals surface area contributed by atoms with Gasteiger partial charge in [0.15, 0.2) is 11.6 Å². The van der Waals surface area contributed by atoms with Crippen molar-refractivity contribution in [1.82, 2.24) is 4.31 Å². The molecule has 1 amide bonds. The number of nitrogens with zero attached hydrogens (tertiary/aromatic N) is 1. The Morgan fingerprint density at radius 2 is 1.59 bits per heavy atom. The van der Waals surface area contributed by atoms with E-state index in [0.717, 1.165) is 25.0 Å². The summed E-state index contributed by atoms with van der Waals surface area (Å²) in [5, 5.41) is 5.29. The van der Waals surface area contributed by atoms with Crippen LogP contribution in [-0.4, -0.2) is 38.3 Å². The zero-order chi connectivity index (χ0) is 19.4. The van der Waals surface area contributed by atoms with Crippen molar-refractivity contribution in [2.45, 2.75) is 17.7 Å². The highest BCUT2D eigenvalue weighted by molar-refractivity contribution is 7.89. The van der Waals surface area contributed by atoms with Crippen LogP contribution in [0.2, 0.25) is 0 Å². The average Bonchev–Trinajstić information content (AvgIpc) is 3.19. The fraction of sp³-hybridized carbons (Fsp3) is 0.278. The normalized spacial score (nSPS) is 14.9. The van der Waals surface area contributed by atoms with Crippen LogP contribution in [0.1, 0.15) is 12.8 Å². The van der Waals surface area contributed by atoms with Crippen LogP contribution in [0.15, 0.2) is 47.4 Å². The van der Waals surface area contributed by atoms with Gasteiger partial charge >= 0.3 is 0 Å². The molecule has 27 heavy (non-hydrogen) atoms. The highest BCUT2D eigenvalue weighted by Crippen LogP contribution is 2.22. The molecule has 0 radical (unpaired) electrons. The van der Waals surface area contributed by atoms with Crippen LogP contribution in [0.5, 0.6) is 0 Å². The fourth-order valence-corrected chi connectivity index (χ4v) is 4.30. The third kappa shape index (κ3) is 4.61. The largest absolute Gasteiger partial charge is 0.376 e. The highest BCUT2D eigenvalue weighted by atomic mass is 32.2. The molecule has 3 rings (SSSR count). The number of amides is 1. The van der Waals surface area contributed by atoms with Crippen molar-refractivity contribution in [3.63, 3.8) is 0 Å². The van der Waals surface area contributed by atoms with E-state index in [9.17, 15) is 22.0 Å². The standard InChI is InChI=1S/C18H19F2N3O3S/c19-16-8-5-14(11-17(16)20)22-18(24)12-21-13-3-6-15(7-4-13)27(25,26)23-9-1-2-10-23/h3-8,11,21H,1-2,9-10,12H2,(H,22,24). The molecule has 1 saturated heterocycles. The van der Waals surface area contributed by atoms with Crippen LogP contribution < -0.4 is 10.6 Å². The second-order valence-electron chi connectivity index (χ2n) is 6.17. The Hall–Kier alpha value is -2.52. The predicted octanol–water partition coefficient (Wildman–Crippen LogP) is 2.80. The van der Waals surface area contributed by atoms with Gasteiger partial charge < -0.3 is 10.6 Å². The van der Waals surface area contributed by atoms with Gasteiger partial charge in [-0.2, -0.15) is 4.31 Å². The van der Waals surface area contributed by atoms with Crippen molar-refractivity contribution in [2.24, 2.45) is 0 Å². The van der Waals surface area contributed by atoms with Gasteiger partial charge in [0.1, 0.15) is 0 Å². The highest BCUT2D eigenvalue weighted by Gasteiger charge is 2.26. The number of hydrogen-bond acceptors (Lipinski definition) is 4. The summed E-state index contributed by atoms with van der Waals surface area (Å²) >= 11 is 0. The number of carbonyl (C=O) groups excluding carboxylic acids is 1. The monoisotopic (exact) mass is 395 g/mol. The van der Waals surface area contributed by atoms with Gasteiger partial charge in [-0.25, -0.2) is 17.2 Å². The van der Waals surface area contributed by atoms with Gasteiger partial charge in [0, 0.05) is 30.5 Å². The lowest BCUT2D eigenvalue weighted by molar-refractivity contribution is -0.114. The Morgan fingerprint density at radius 1 is 0.963 bits per heavy atom. The number of halogens is 2. The van der Waals surface area contributed by atoms with Crippen LogP contribution in [-0.2, 0) is 14.8 Å². The molecular formula is C18H19F2N3O3S. The lowest BCUT2D eigenvalue weighted by Crippen LogP contribution is -2.27. The van der Waals surface area contributed by atoms with E-state index in [1.807, 2.05) is 0 Å². The molecule has 1 aliphatic heterocycles. The molecule has 1 fully saturated rings. The molecule has 1 heterocycles. The molecule has 144 valence electrons. The van der Waals surface area contributed by atoms with Crippen molar-refractivity contribution in [2.75, 3.05) is 30.3 Å². The third-order valence-electron chi connectivity index (χ3n) is 4.21. The summed E-state index contributed by atoms with van der Waals surface area (Å²) in [6.07, 6.45) is 1.73. The minimum atomic E-state index is -3.47. The Morgan fingerprint density at radius 3 is 2.22 bits per heavy atom. The number of hydrogen-bond donors (Lipinski definition) is 2. The van der Waals surface area contributed by atoms with Gasteiger partial charge in [-0.3, -0.25) is 4.79 Å². The van der Waals surface area contributed by atoms with E-state index in [2.05, 4.69) is 10.6 Å². The molecule has 2 aromatic rings. The Balaban J connectivity index is 1.56. The predicted molar refractivity (Wildman–Crippen MR) is 97.9 cm³/mol. The van der Waals surface area contributed by atoms with E-state index >= 15 is 0 Å². The molecule has 0 aromatic heterocycles. The van der Waals surface area contributed by atoms with E-state index in [1.54, 1.807) is 12.1 Å². The summed E-state index contributed by atoms with van der Waals surface area (Å²) in [6, 6.07) is 9.21.